The normalized spacial score (nSPS) is 16.5. The highest BCUT2D eigenvalue weighted by atomic mass is 35.5. The van der Waals surface area contributed by atoms with Crippen molar-refractivity contribution in [1.82, 2.24) is 9.80 Å². The van der Waals surface area contributed by atoms with Crippen LogP contribution in [0.5, 0.6) is 5.75 Å². The number of hydrogen-bond acceptors (Lipinski definition) is 3. The van der Waals surface area contributed by atoms with E-state index in [1.54, 1.807) is 12.1 Å². The molecule has 0 saturated carbocycles. The zero-order valence-corrected chi connectivity index (χ0v) is 12.1. The van der Waals surface area contributed by atoms with Crippen molar-refractivity contribution in [3.05, 3.63) is 28.8 Å². The molecule has 2 rings (SSSR count). The van der Waals surface area contributed by atoms with Crippen molar-refractivity contribution in [2.24, 2.45) is 0 Å². The molecule has 1 aliphatic rings. The van der Waals surface area contributed by atoms with Crippen molar-refractivity contribution in [2.45, 2.75) is 6.92 Å². The van der Waals surface area contributed by atoms with E-state index in [2.05, 4.69) is 11.9 Å². The first kappa shape index (κ1) is 14.2. The Morgan fingerprint density at radius 1 is 1.32 bits per heavy atom. The van der Waals surface area contributed by atoms with Gasteiger partial charge in [0.1, 0.15) is 5.75 Å². The van der Waals surface area contributed by atoms with Crippen LogP contribution in [0.2, 0.25) is 5.02 Å². The molecule has 0 radical (unpaired) electrons. The number of amides is 1. The van der Waals surface area contributed by atoms with Crippen molar-refractivity contribution in [1.29, 1.82) is 0 Å². The Bertz CT molecular complexity index is 457. The van der Waals surface area contributed by atoms with Gasteiger partial charge < -0.3 is 14.5 Å². The predicted molar refractivity (Wildman–Crippen MR) is 75.8 cm³/mol. The summed E-state index contributed by atoms with van der Waals surface area (Å²) in [5, 5.41) is 0.706. The number of benzene rings is 1. The molecule has 4 nitrogen and oxygen atoms in total. The third-order valence-corrected chi connectivity index (χ3v) is 3.77. The number of hydrogen-bond donors (Lipinski definition) is 0. The van der Waals surface area contributed by atoms with E-state index in [0.717, 1.165) is 31.7 Å². The van der Waals surface area contributed by atoms with Crippen LogP contribution in [0.4, 0.5) is 0 Å². The second-order valence-corrected chi connectivity index (χ2v) is 5.29. The van der Waals surface area contributed by atoms with Crippen LogP contribution in [-0.4, -0.2) is 55.5 Å². The van der Waals surface area contributed by atoms with Crippen LogP contribution >= 0.6 is 11.6 Å². The van der Waals surface area contributed by atoms with Crippen LogP contribution in [0.3, 0.4) is 0 Å². The maximum absolute atomic E-state index is 12.0. The molecule has 104 valence electrons. The standard InChI is InChI=1S/C14H19ClN2O2/c1-11-9-12(3-4-13(11)15)19-10-14(18)17-7-5-16(2)6-8-17/h3-4,9H,5-8,10H2,1-2H3. The summed E-state index contributed by atoms with van der Waals surface area (Å²) in [6.45, 7) is 5.40. The van der Waals surface area contributed by atoms with Gasteiger partial charge in [0, 0.05) is 31.2 Å². The largest absolute Gasteiger partial charge is 0.484 e. The van der Waals surface area contributed by atoms with E-state index in [4.69, 9.17) is 16.3 Å². The first-order valence-corrected chi connectivity index (χ1v) is 6.79. The molecule has 0 aromatic heterocycles. The lowest BCUT2D eigenvalue weighted by Crippen LogP contribution is -2.48. The molecule has 1 fully saturated rings. The zero-order valence-electron chi connectivity index (χ0n) is 11.4. The summed E-state index contributed by atoms with van der Waals surface area (Å²) in [5.41, 5.74) is 0.950. The smallest absolute Gasteiger partial charge is 0.260 e. The highest BCUT2D eigenvalue weighted by Gasteiger charge is 2.19. The van der Waals surface area contributed by atoms with Crippen molar-refractivity contribution >= 4 is 17.5 Å². The topological polar surface area (TPSA) is 32.8 Å². The fourth-order valence-corrected chi connectivity index (χ4v) is 2.12. The molecule has 0 unspecified atom stereocenters. The van der Waals surface area contributed by atoms with E-state index < -0.39 is 0 Å². The maximum Gasteiger partial charge on any atom is 0.260 e. The van der Waals surface area contributed by atoms with Gasteiger partial charge in [-0.25, -0.2) is 0 Å². The summed E-state index contributed by atoms with van der Waals surface area (Å²) in [5.74, 6) is 0.727. The molecular formula is C14H19ClN2O2. The Kier molecular flexibility index (Phi) is 4.66. The maximum atomic E-state index is 12.0. The summed E-state index contributed by atoms with van der Waals surface area (Å²) in [6, 6.07) is 5.42. The van der Waals surface area contributed by atoms with Crippen molar-refractivity contribution in [2.75, 3.05) is 39.8 Å². The SMILES string of the molecule is Cc1cc(OCC(=O)N2CCN(C)CC2)ccc1Cl. The summed E-state index contributed by atoms with van der Waals surface area (Å²) >= 11 is 5.94. The second kappa shape index (κ2) is 6.26. The van der Waals surface area contributed by atoms with Gasteiger partial charge in [0.05, 0.1) is 0 Å². The lowest BCUT2D eigenvalue weighted by atomic mass is 10.2. The molecule has 0 aliphatic carbocycles. The molecule has 1 amide bonds. The average molecular weight is 283 g/mol. The van der Waals surface area contributed by atoms with Gasteiger partial charge in [-0.2, -0.15) is 0 Å². The quantitative estimate of drug-likeness (QED) is 0.848. The number of aryl methyl sites for hydroxylation is 1. The lowest BCUT2D eigenvalue weighted by Gasteiger charge is -2.32. The summed E-state index contributed by atoms with van der Waals surface area (Å²) < 4.78 is 5.52. The van der Waals surface area contributed by atoms with Crippen LogP contribution in [0.1, 0.15) is 5.56 Å². The summed E-state index contributed by atoms with van der Waals surface area (Å²) in [4.78, 5) is 16.1. The van der Waals surface area contributed by atoms with Crippen LogP contribution in [-0.2, 0) is 4.79 Å². The van der Waals surface area contributed by atoms with Crippen molar-refractivity contribution in [3.8, 4) is 5.75 Å². The summed E-state index contributed by atoms with van der Waals surface area (Å²) in [6.07, 6.45) is 0. The number of piperazine rings is 1. The Labute approximate surface area is 118 Å². The highest BCUT2D eigenvalue weighted by Crippen LogP contribution is 2.21. The monoisotopic (exact) mass is 282 g/mol. The summed E-state index contributed by atoms with van der Waals surface area (Å²) in [7, 11) is 2.06. The second-order valence-electron chi connectivity index (χ2n) is 4.88. The number of rotatable bonds is 3. The van der Waals surface area contributed by atoms with E-state index in [0.29, 0.717) is 10.8 Å². The number of nitrogens with zero attached hydrogens (tertiary/aromatic N) is 2. The van der Waals surface area contributed by atoms with Gasteiger partial charge in [0.25, 0.3) is 5.91 Å². The Morgan fingerprint density at radius 2 is 2.00 bits per heavy atom. The molecule has 0 spiro atoms. The van der Waals surface area contributed by atoms with Gasteiger partial charge in [-0.3, -0.25) is 4.79 Å². The molecule has 0 atom stereocenters. The molecule has 1 saturated heterocycles. The van der Waals surface area contributed by atoms with Crippen LogP contribution in [0, 0.1) is 6.92 Å². The van der Waals surface area contributed by atoms with Crippen LogP contribution in [0.15, 0.2) is 18.2 Å². The van der Waals surface area contributed by atoms with Gasteiger partial charge in [-0.15, -0.1) is 0 Å². The first-order chi connectivity index (χ1) is 9.06. The third kappa shape index (κ3) is 3.85. The minimum absolute atomic E-state index is 0.0423. The fourth-order valence-electron chi connectivity index (χ4n) is 2.00. The van der Waals surface area contributed by atoms with E-state index in [1.165, 1.54) is 0 Å². The van der Waals surface area contributed by atoms with Gasteiger partial charge in [-0.1, -0.05) is 11.6 Å². The van der Waals surface area contributed by atoms with Crippen molar-refractivity contribution in [3.63, 3.8) is 0 Å². The van der Waals surface area contributed by atoms with Crippen molar-refractivity contribution < 1.29 is 9.53 Å². The van der Waals surface area contributed by atoms with E-state index in [9.17, 15) is 4.79 Å². The molecule has 0 N–H and O–H groups in total. The Hall–Kier alpha value is -1.26. The van der Waals surface area contributed by atoms with E-state index >= 15 is 0 Å². The first-order valence-electron chi connectivity index (χ1n) is 6.41. The Morgan fingerprint density at radius 3 is 2.63 bits per heavy atom. The van der Waals surface area contributed by atoms with Crippen LogP contribution < -0.4 is 4.74 Å². The highest BCUT2D eigenvalue weighted by molar-refractivity contribution is 6.31. The zero-order chi connectivity index (χ0) is 13.8. The molecule has 1 heterocycles. The van der Waals surface area contributed by atoms with Gasteiger partial charge in [0.15, 0.2) is 6.61 Å². The molecule has 1 aromatic carbocycles. The molecule has 0 bridgehead atoms. The van der Waals surface area contributed by atoms with E-state index in [1.807, 2.05) is 17.9 Å². The van der Waals surface area contributed by atoms with Crippen LogP contribution in [0.25, 0.3) is 0 Å². The number of halogens is 1. The van der Waals surface area contributed by atoms with Gasteiger partial charge in [0.2, 0.25) is 0 Å². The Balaban J connectivity index is 1.84. The predicted octanol–water partition coefficient (Wildman–Crippen LogP) is 1.80. The third-order valence-electron chi connectivity index (χ3n) is 3.35. The fraction of sp³-hybridized carbons (Fsp3) is 0.500. The minimum Gasteiger partial charge on any atom is -0.484 e. The number of likely N-dealkylation sites (N-methyl/N-ethyl adjacent to an activating group) is 1. The number of carbonyl (C=O) groups excluding carboxylic acids is 1. The molecule has 1 aromatic rings. The molecular weight excluding hydrogens is 264 g/mol. The van der Waals surface area contributed by atoms with Gasteiger partial charge in [-0.05, 0) is 37.7 Å². The van der Waals surface area contributed by atoms with E-state index in [-0.39, 0.29) is 12.5 Å². The number of ether oxygens (including phenoxy) is 1. The molecule has 5 heteroatoms. The molecule has 1 aliphatic heterocycles. The lowest BCUT2D eigenvalue weighted by molar-refractivity contribution is -0.134. The van der Waals surface area contributed by atoms with Gasteiger partial charge >= 0.3 is 0 Å². The minimum atomic E-state index is 0.0423. The molecule has 19 heavy (non-hydrogen) atoms. The number of carbonyl (C=O) groups is 1. The average Bonchev–Trinajstić information content (AvgIpc) is 2.40.